The van der Waals surface area contributed by atoms with Crippen LogP contribution in [0.2, 0.25) is 5.02 Å². The summed E-state index contributed by atoms with van der Waals surface area (Å²) in [6.45, 7) is 5.22. The molecule has 0 bridgehead atoms. The van der Waals surface area contributed by atoms with Gasteiger partial charge in [-0.05, 0) is 62.7 Å². The molecule has 0 saturated carbocycles. The molecule has 4 heteroatoms. The molecule has 0 radical (unpaired) electrons. The first-order valence-corrected chi connectivity index (χ1v) is 7.37. The number of amides is 1. The second-order valence-electron chi connectivity index (χ2n) is 5.72. The molecule has 0 spiro atoms. The third-order valence-corrected chi connectivity index (χ3v) is 3.93. The molecule has 2 aromatic carbocycles. The second-order valence-corrected chi connectivity index (χ2v) is 6.16. The van der Waals surface area contributed by atoms with E-state index in [1.807, 2.05) is 26.0 Å². The first-order valence-electron chi connectivity index (χ1n) is 6.99. The van der Waals surface area contributed by atoms with Gasteiger partial charge in [0.15, 0.2) is 5.78 Å². The maximum Gasteiger partial charge on any atom is 0.234 e. The number of hydrogen-bond acceptors (Lipinski definition) is 2. The van der Waals surface area contributed by atoms with E-state index < -0.39 is 5.41 Å². The highest BCUT2D eigenvalue weighted by Gasteiger charge is 2.29. The largest absolute Gasteiger partial charge is 0.325 e. The molecule has 0 unspecified atom stereocenters. The van der Waals surface area contributed by atoms with Gasteiger partial charge in [0.2, 0.25) is 5.91 Å². The number of ketones is 1. The number of carbonyl (C=O) groups is 2. The normalized spacial score (nSPS) is 11.1. The molecule has 22 heavy (non-hydrogen) atoms. The Morgan fingerprint density at radius 3 is 2.00 bits per heavy atom. The van der Waals surface area contributed by atoms with Crippen LogP contribution in [0.3, 0.4) is 0 Å². The van der Waals surface area contributed by atoms with Crippen molar-refractivity contribution in [1.29, 1.82) is 0 Å². The Hall–Kier alpha value is -2.13. The van der Waals surface area contributed by atoms with Crippen molar-refractivity contribution in [2.45, 2.75) is 26.2 Å². The number of Topliss-reactive ketones (excluding diaryl/α,β-unsaturated/α-hetero) is 1. The van der Waals surface area contributed by atoms with Crippen LogP contribution in [-0.4, -0.2) is 11.7 Å². The number of carbonyl (C=O) groups excluding carboxylic acids is 2. The number of anilines is 1. The van der Waals surface area contributed by atoms with Gasteiger partial charge < -0.3 is 5.32 Å². The molecule has 0 aliphatic carbocycles. The minimum atomic E-state index is -0.691. The van der Waals surface area contributed by atoms with E-state index in [-0.39, 0.29) is 11.7 Å². The lowest BCUT2D eigenvalue weighted by atomic mass is 9.83. The summed E-state index contributed by atoms with van der Waals surface area (Å²) >= 11 is 5.88. The maximum atomic E-state index is 12.5. The summed E-state index contributed by atoms with van der Waals surface area (Å²) in [4.78, 5) is 23.8. The summed E-state index contributed by atoms with van der Waals surface area (Å²) < 4.78 is 0. The monoisotopic (exact) mass is 315 g/mol. The molecular weight excluding hydrogens is 298 g/mol. The van der Waals surface area contributed by atoms with E-state index in [1.165, 1.54) is 6.92 Å². The van der Waals surface area contributed by atoms with Gasteiger partial charge in [0.1, 0.15) is 0 Å². The number of rotatable bonds is 4. The van der Waals surface area contributed by atoms with Crippen LogP contribution in [0.5, 0.6) is 0 Å². The molecule has 1 amide bonds. The van der Waals surface area contributed by atoms with E-state index in [4.69, 9.17) is 11.6 Å². The zero-order valence-corrected chi connectivity index (χ0v) is 13.6. The molecule has 1 N–H and O–H groups in total. The number of hydrogen-bond donors (Lipinski definition) is 1. The van der Waals surface area contributed by atoms with Crippen LogP contribution in [0.4, 0.5) is 5.69 Å². The SMILES string of the molecule is CC(=O)c1ccc(NC(=O)C(C)(C)c2ccc(Cl)cc2)cc1. The van der Waals surface area contributed by atoms with Gasteiger partial charge in [-0.15, -0.1) is 0 Å². The van der Waals surface area contributed by atoms with E-state index in [1.54, 1.807) is 36.4 Å². The van der Waals surface area contributed by atoms with Crippen molar-refractivity contribution in [3.8, 4) is 0 Å². The molecule has 3 nitrogen and oxygen atoms in total. The molecule has 0 aliphatic heterocycles. The van der Waals surface area contributed by atoms with Crippen LogP contribution < -0.4 is 5.32 Å². The summed E-state index contributed by atoms with van der Waals surface area (Å²) in [6, 6.07) is 14.1. The molecular formula is C18H18ClNO2. The van der Waals surface area contributed by atoms with Gasteiger partial charge in [-0.2, -0.15) is 0 Å². The first-order chi connectivity index (χ1) is 10.3. The average molecular weight is 316 g/mol. The summed E-state index contributed by atoms with van der Waals surface area (Å²) in [5, 5.41) is 3.52. The lowest BCUT2D eigenvalue weighted by Crippen LogP contribution is -2.34. The van der Waals surface area contributed by atoms with E-state index in [9.17, 15) is 9.59 Å². The Morgan fingerprint density at radius 1 is 0.955 bits per heavy atom. The Bertz CT molecular complexity index is 688. The fraction of sp³-hybridized carbons (Fsp3) is 0.222. The molecule has 114 valence electrons. The molecule has 0 fully saturated rings. The number of halogens is 1. The van der Waals surface area contributed by atoms with Crippen molar-refractivity contribution in [2.75, 3.05) is 5.32 Å². The van der Waals surface area contributed by atoms with Crippen LogP contribution in [-0.2, 0) is 10.2 Å². The van der Waals surface area contributed by atoms with Crippen LogP contribution >= 0.6 is 11.6 Å². The van der Waals surface area contributed by atoms with Crippen molar-refractivity contribution in [1.82, 2.24) is 0 Å². The fourth-order valence-electron chi connectivity index (χ4n) is 2.07. The predicted octanol–water partition coefficient (Wildman–Crippen LogP) is 4.46. The Morgan fingerprint density at radius 2 is 1.50 bits per heavy atom. The summed E-state index contributed by atoms with van der Waals surface area (Å²) in [5.41, 5.74) is 1.48. The van der Waals surface area contributed by atoms with Crippen molar-refractivity contribution in [2.24, 2.45) is 0 Å². The quantitative estimate of drug-likeness (QED) is 0.847. The molecule has 0 atom stereocenters. The van der Waals surface area contributed by atoms with Crippen molar-refractivity contribution >= 4 is 29.0 Å². The van der Waals surface area contributed by atoms with Crippen molar-refractivity contribution in [3.05, 3.63) is 64.7 Å². The van der Waals surface area contributed by atoms with Gasteiger partial charge in [0.25, 0.3) is 0 Å². The van der Waals surface area contributed by atoms with Crippen molar-refractivity contribution < 1.29 is 9.59 Å². The highest BCUT2D eigenvalue weighted by Crippen LogP contribution is 2.26. The summed E-state index contributed by atoms with van der Waals surface area (Å²) in [6.07, 6.45) is 0. The average Bonchev–Trinajstić information content (AvgIpc) is 2.48. The van der Waals surface area contributed by atoms with Crippen LogP contribution in [0.25, 0.3) is 0 Å². The smallest absolute Gasteiger partial charge is 0.234 e. The van der Waals surface area contributed by atoms with E-state index in [2.05, 4.69) is 5.32 Å². The maximum absolute atomic E-state index is 12.5. The van der Waals surface area contributed by atoms with E-state index in [0.29, 0.717) is 16.3 Å². The van der Waals surface area contributed by atoms with E-state index in [0.717, 1.165) is 5.56 Å². The third kappa shape index (κ3) is 3.55. The molecule has 2 aromatic rings. The van der Waals surface area contributed by atoms with Crippen LogP contribution in [0.15, 0.2) is 48.5 Å². The van der Waals surface area contributed by atoms with Gasteiger partial charge >= 0.3 is 0 Å². The standard InChI is InChI=1S/C18H18ClNO2/c1-12(21)13-4-10-16(11-5-13)20-17(22)18(2,3)14-6-8-15(19)9-7-14/h4-11H,1-3H3,(H,20,22). The molecule has 0 saturated heterocycles. The highest BCUT2D eigenvalue weighted by molar-refractivity contribution is 6.30. The third-order valence-electron chi connectivity index (χ3n) is 3.68. The molecule has 0 aliphatic rings. The van der Waals surface area contributed by atoms with Gasteiger partial charge in [0.05, 0.1) is 5.41 Å². The Kier molecular flexibility index (Phi) is 4.67. The Labute approximate surface area is 135 Å². The lowest BCUT2D eigenvalue weighted by molar-refractivity contribution is -0.120. The van der Waals surface area contributed by atoms with Crippen LogP contribution in [0, 0.1) is 0 Å². The van der Waals surface area contributed by atoms with Gasteiger partial charge in [0, 0.05) is 16.3 Å². The highest BCUT2D eigenvalue weighted by atomic mass is 35.5. The first kappa shape index (κ1) is 16.2. The van der Waals surface area contributed by atoms with Crippen LogP contribution in [0.1, 0.15) is 36.7 Å². The molecule has 2 rings (SSSR count). The molecule has 0 heterocycles. The fourth-order valence-corrected chi connectivity index (χ4v) is 2.20. The Balaban J connectivity index is 2.16. The van der Waals surface area contributed by atoms with Gasteiger partial charge in [-0.25, -0.2) is 0 Å². The van der Waals surface area contributed by atoms with Gasteiger partial charge in [-0.1, -0.05) is 23.7 Å². The zero-order valence-electron chi connectivity index (χ0n) is 12.8. The summed E-state index contributed by atoms with van der Waals surface area (Å²) in [5.74, 6) is -0.121. The van der Waals surface area contributed by atoms with E-state index >= 15 is 0 Å². The number of nitrogens with one attached hydrogen (secondary N) is 1. The summed E-state index contributed by atoms with van der Waals surface area (Å²) in [7, 11) is 0. The molecule has 0 aromatic heterocycles. The second kappa shape index (κ2) is 6.32. The minimum absolute atomic E-state index is 0.000583. The van der Waals surface area contributed by atoms with Crippen molar-refractivity contribution in [3.63, 3.8) is 0 Å². The number of benzene rings is 2. The zero-order chi connectivity index (χ0) is 16.3. The minimum Gasteiger partial charge on any atom is -0.325 e. The van der Waals surface area contributed by atoms with Gasteiger partial charge in [-0.3, -0.25) is 9.59 Å². The topological polar surface area (TPSA) is 46.2 Å². The lowest BCUT2D eigenvalue weighted by Gasteiger charge is -2.24. The predicted molar refractivity (Wildman–Crippen MR) is 89.6 cm³/mol.